The first-order chi connectivity index (χ1) is 10.2. The maximum absolute atomic E-state index is 13.3. The summed E-state index contributed by atoms with van der Waals surface area (Å²) in [5.41, 5.74) is 1.21. The molecule has 3 rings (SSSR count). The van der Waals surface area contributed by atoms with Gasteiger partial charge < -0.3 is 5.32 Å². The number of fused-ring (bicyclic) bond motifs is 1. The van der Waals surface area contributed by atoms with E-state index in [0.29, 0.717) is 0 Å². The summed E-state index contributed by atoms with van der Waals surface area (Å²) in [5, 5.41) is 4.61. The molecule has 3 aromatic rings. The molecule has 4 heteroatoms. The van der Waals surface area contributed by atoms with Crippen LogP contribution in [0.4, 0.5) is 4.39 Å². The van der Waals surface area contributed by atoms with E-state index in [2.05, 4.69) is 46.4 Å². The molecule has 1 nitrogen and oxygen atoms in total. The van der Waals surface area contributed by atoms with Crippen molar-refractivity contribution in [2.24, 2.45) is 0 Å². The van der Waals surface area contributed by atoms with Gasteiger partial charge in [0.25, 0.3) is 0 Å². The number of rotatable bonds is 4. The molecule has 108 valence electrons. The number of nitrogens with one attached hydrogen (secondary N) is 1. The number of hydrogen-bond donors (Lipinski definition) is 1. The first-order valence-corrected chi connectivity index (χ1v) is 8.46. The Balaban J connectivity index is 2.04. The Morgan fingerprint density at radius 1 is 1.14 bits per heavy atom. The fourth-order valence-electron chi connectivity index (χ4n) is 2.41. The fourth-order valence-corrected chi connectivity index (χ4v) is 3.87. The van der Waals surface area contributed by atoms with Crippen LogP contribution < -0.4 is 5.32 Å². The molecule has 0 saturated carbocycles. The lowest BCUT2D eigenvalue weighted by Gasteiger charge is -2.17. The second-order valence-electron chi connectivity index (χ2n) is 4.87. The molecule has 0 aliphatic heterocycles. The number of hydrogen-bond acceptors (Lipinski definition) is 2. The van der Waals surface area contributed by atoms with Gasteiger partial charge in [0.1, 0.15) is 5.82 Å². The Hall–Kier alpha value is -1.23. The minimum Gasteiger partial charge on any atom is -0.306 e. The van der Waals surface area contributed by atoms with Crippen LogP contribution in [0.2, 0.25) is 0 Å². The maximum Gasteiger partial charge on any atom is 0.124 e. The Kier molecular flexibility index (Phi) is 4.38. The highest BCUT2D eigenvalue weighted by molar-refractivity contribution is 9.10. The van der Waals surface area contributed by atoms with Crippen molar-refractivity contribution in [1.82, 2.24) is 5.32 Å². The van der Waals surface area contributed by atoms with Crippen molar-refractivity contribution in [3.63, 3.8) is 0 Å². The summed E-state index contributed by atoms with van der Waals surface area (Å²) in [6.07, 6.45) is 0. The number of halogens is 2. The van der Waals surface area contributed by atoms with Gasteiger partial charge in [-0.25, -0.2) is 4.39 Å². The van der Waals surface area contributed by atoms with Crippen LogP contribution in [0.1, 0.15) is 23.4 Å². The first kappa shape index (κ1) is 14.7. The second-order valence-corrected chi connectivity index (χ2v) is 6.90. The first-order valence-electron chi connectivity index (χ1n) is 6.85. The van der Waals surface area contributed by atoms with E-state index in [9.17, 15) is 4.39 Å². The monoisotopic (exact) mass is 363 g/mol. The molecule has 0 spiro atoms. The highest BCUT2D eigenvalue weighted by atomic mass is 79.9. The SMILES string of the molecule is CCNC(c1ccc(Br)cc1)c1cc2ccc(F)cc2s1. The van der Waals surface area contributed by atoms with Gasteiger partial charge in [-0.2, -0.15) is 0 Å². The van der Waals surface area contributed by atoms with E-state index in [-0.39, 0.29) is 11.9 Å². The Morgan fingerprint density at radius 2 is 1.90 bits per heavy atom. The predicted octanol–water partition coefficient (Wildman–Crippen LogP) is 5.50. The van der Waals surface area contributed by atoms with Gasteiger partial charge in [0.05, 0.1) is 6.04 Å². The van der Waals surface area contributed by atoms with Crippen LogP contribution in [-0.2, 0) is 0 Å². The summed E-state index contributed by atoms with van der Waals surface area (Å²) in [7, 11) is 0. The second kappa shape index (κ2) is 6.26. The Bertz CT molecular complexity index is 751. The summed E-state index contributed by atoms with van der Waals surface area (Å²) in [6, 6.07) is 15.6. The van der Waals surface area contributed by atoms with Gasteiger partial charge in [-0.3, -0.25) is 0 Å². The summed E-state index contributed by atoms with van der Waals surface area (Å²) in [4.78, 5) is 1.21. The molecule has 0 aliphatic rings. The zero-order valence-electron chi connectivity index (χ0n) is 11.6. The van der Waals surface area contributed by atoms with Crippen molar-refractivity contribution in [3.8, 4) is 0 Å². The molecule has 0 amide bonds. The lowest BCUT2D eigenvalue weighted by atomic mass is 10.0. The van der Waals surface area contributed by atoms with Crippen LogP contribution in [0, 0.1) is 5.82 Å². The third kappa shape index (κ3) is 3.18. The van der Waals surface area contributed by atoms with E-state index in [1.807, 2.05) is 18.2 Å². The molecule has 1 aromatic heterocycles. The lowest BCUT2D eigenvalue weighted by Crippen LogP contribution is -2.20. The van der Waals surface area contributed by atoms with Gasteiger partial charge in [0, 0.05) is 14.0 Å². The highest BCUT2D eigenvalue weighted by Gasteiger charge is 2.16. The molecule has 21 heavy (non-hydrogen) atoms. The van der Waals surface area contributed by atoms with Crippen LogP contribution in [0.25, 0.3) is 10.1 Å². The van der Waals surface area contributed by atoms with Crippen LogP contribution in [0.5, 0.6) is 0 Å². The third-order valence-corrected chi connectivity index (χ3v) is 5.09. The van der Waals surface area contributed by atoms with E-state index in [0.717, 1.165) is 21.1 Å². The highest BCUT2D eigenvalue weighted by Crippen LogP contribution is 2.34. The van der Waals surface area contributed by atoms with Crippen LogP contribution in [-0.4, -0.2) is 6.54 Å². The Morgan fingerprint density at radius 3 is 2.62 bits per heavy atom. The van der Waals surface area contributed by atoms with Crippen LogP contribution >= 0.6 is 27.3 Å². The molecular weight excluding hydrogens is 349 g/mol. The smallest absolute Gasteiger partial charge is 0.124 e. The van der Waals surface area contributed by atoms with Gasteiger partial charge in [0.15, 0.2) is 0 Å². The summed E-state index contributed by atoms with van der Waals surface area (Å²) in [6.45, 7) is 2.97. The molecule has 0 aliphatic carbocycles. The van der Waals surface area contributed by atoms with Crippen molar-refractivity contribution < 1.29 is 4.39 Å². The van der Waals surface area contributed by atoms with Crippen molar-refractivity contribution in [2.75, 3.05) is 6.54 Å². The predicted molar refractivity (Wildman–Crippen MR) is 91.4 cm³/mol. The van der Waals surface area contributed by atoms with E-state index in [1.54, 1.807) is 17.4 Å². The van der Waals surface area contributed by atoms with Gasteiger partial charge >= 0.3 is 0 Å². The summed E-state index contributed by atoms with van der Waals surface area (Å²) >= 11 is 5.11. The van der Waals surface area contributed by atoms with Crippen molar-refractivity contribution in [1.29, 1.82) is 0 Å². The quantitative estimate of drug-likeness (QED) is 0.644. The summed E-state index contributed by atoms with van der Waals surface area (Å²) in [5.74, 6) is -0.181. The Labute approximate surface area is 135 Å². The molecular formula is C17H15BrFNS. The zero-order chi connectivity index (χ0) is 14.8. The normalized spacial score (nSPS) is 12.7. The van der Waals surface area contributed by atoms with Gasteiger partial charge in [0.2, 0.25) is 0 Å². The van der Waals surface area contributed by atoms with Crippen molar-refractivity contribution in [3.05, 3.63) is 69.3 Å². The maximum atomic E-state index is 13.3. The minimum absolute atomic E-state index is 0.142. The standard InChI is InChI=1S/C17H15BrFNS/c1-2-20-17(11-3-6-13(18)7-4-11)16-9-12-5-8-14(19)10-15(12)21-16/h3-10,17,20H,2H2,1H3. The average molecular weight is 364 g/mol. The van der Waals surface area contributed by atoms with Crippen LogP contribution in [0.3, 0.4) is 0 Å². The van der Waals surface area contributed by atoms with Gasteiger partial charge in [-0.05, 0) is 47.8 Å². The molecule has 1 unspecified atom stereocenters. The van der Waals surface area contributed by atoms with Crippen molar-refractivity contribution in [2.45, 2.75) is 13.0 Å². The average Bonchev–Trinajstić information content (AvgIpc) is 2.88. The molecule has 2 aromatic carbocycles. The largest absolute Gasteiger partial charge is 0.306 e. The molecule has 0 fully saturated rings. The number of thiophene rings is 1. The fraction of sp³-hybridized carbons (Fsp3) is 0.176. The third-order valence-electron chi connectivity index (χ3n) is 3.40. The number of benzene rings is 2. The van der Waals surface area contributed by atoms with Gasteiger partial charge in [-0.15, -0.1) is 11.3 Å². The molecule has 0 bridgehead atoms. The van der Waals surface area contributed by atoms with E-state index >= 15 is 0 Å². The minimum atomic E-state index is -0.181. The molecule has 1 N–H and O–H groups in total. The summed E-state index contributed by atoms with van der Waals surface area (Å²) < 4.78 is 15.4. The molecule has 1 atom stereocenters. The molecule has 0 saturated heterocycles. The topological polar surface area (TPSA) is 12.0 Å². The zero-order valence-corrected chi connectivity index (χ0v) is 14.0. The van der Waals surface area contributed by atoms with Gasteiger partial charge in [-0.1, -0.05) is 41.1 Å². The van der Waals surface area contributed by atoms with E-state index < -0.39 is 0 Å². The van der Waals surface area contributed by atoms with E-state index in [4.69, 9.17) is 0 Å². The van der Waals surface area contributed by atoms with E-state index in [1.165, 1.54) is 16.5 Å². The molecule has 1 heterocycles. The van der Waals surface area contributed by atoms with Crippen LogP contribution in [0.15, 0.2) is 53.0 Å². The lowest BCUT2D eigenvalue weighted by molar-refractivity contribution is 0.630. The molecule has 0 radical (unpaired) electrons. The van der Waals surface area contributed by atoms with Crippen molar-refractivity contribution >= 4 is 37.4 Å².